The van der Waals surface area contributed by atoms with Gasteiger partial charge in [0.05, 0.1) is 0 Å². The molecule has 5 aliphatic heterocycles. The first-order chi connectivity index (χ1) is 15.9. The molecule has 184 valence electrons. The van der Waals surface area contributed by atoms with Crippen LogP contribution in [-0.2, 0) is 9.59 Å². The van der Waals surface area contributed by atoms with E-state index in [1.54, 1.807) is 0 Å². The van der Waals surface area contributed by atoms with Gasteiger partial charge < -0.3 is 24.5 Å². The standard InChI is InChI=1S/C25H41N5O3/c1-26-10-8-21(9-11-26)27(2)24(32)19-6-12-28(13-7-19)25(33)29-15-18-14-20(17-29)22-4-3-5-23(31)30(22)16-18/h18-22H,3-17H2,1-2H3/t18-,20+,22+/m0/s1. The molecule has 3 atom stereocenters. The van der Waals surface area contributed by atoms with Crippen LogP contribution in [0.4, 0.5) is 4.79 Å². The van der Waals surface area contributed by atoms with Gasteiger partial charge in [0.2, 0.25) is 11.8 Å². The van der Waals surface area contributed by atoms with Crippen molar-refractivity contribution >= 4 is 17.8 Å². The van der Waals surface area contributed by atoms with Gasteiger partial charge in [-0.1, -0.05) is 0 Å². The van der Waals surface area contributed by atoms with Crippen molar-refractivity contribution in [3.8, 4) is 0 Å². The quantitative estimate of drug-likeness (QED) is 0.631. The van der Waals surface area contributed by atoms with Crippen molar-refractivity contribution in [2.24, 2.45) is 17.8 Å². The summed E-state index contributed by atoms with van der Waals surface area (Å²) in [6, 6.07) is 0.832. The van der Waals surface area contributed by atoms with Gasteiger partial charge in [-0.25, -0.2) is 4.79 Å². The van der Waals surface area contributed by atoms with E-state index in [0.29, 0.717) is 49.3 Å². The number of fused-ring (bicyclic) bond motifs is 4. The lowest BCUT2D eigenvalue weighted by atomic mass is 9.76. The Balaban J connectivity index is 1.13. The van der Waals surface area contributed by atoms with Gasteiger partial charge in [0.1, 0.15) is 0 Å². The van der Waals surface area contributed by atoms with Crippen molar-refractivity contribution < 1.29 is 14.4 Å². The third-order valence-corrected chi connectivity index (χ3v) is 9.15. The third kappa shape index (κ3) is 4.60. The molecular weight excluding hydrogens is 418 g/mol. The van der Waals surface area contributed by atoms with Gasteiger partial charge in [0, 0.05) is 64.2 Å². The summed E-state index contributed by atoms with van der Waals surface area (Å²) in [7, 11) is 4.12. The Morgan fingerprint density at radius 1 is 0.909 bits per heavy atom. The molecule has 0 unspecified atom stereocenters. The van der Waals surface area contributed by atoms with Crippen molar-refractivity contribution in [2.75, 3.05) is 59.9 Å². The topological polar surface area (TPSA) is 67.4 Å². The maximum atomic E-state index is 13.4. The van der Waals surface area contributed by atoms with Crippen LogP contribution in [0.15, 0.2) is 0 Å². The lowest BCUT2D eigenvalue weighted by molar-refractivity contribution is -0.144. The Morgan fingerprint density at radius 3 is 2.36 bits per heavy atom. The van der Waals surface area contributed by atoms with Crippen LogP contribution in [0.2, 0.25) is 0 Å². The maximum Gasteiger partial charge on any atom is 0.320 e. The number of piperidine rings is 5. The molecule has 0 aromatic carbocycles. The highest BCUT2D eigenvalue weighted by molar-refractivity contribution is 5.80. The predicted octanol–water partition coefficient (Wildman–Crippen LogP) is 1.70. The summed E-state index contributed by atoms with van der Waals surface area (Å²) >= 11 is 0. The van der Waals surface area contributed by atoms with Gasteiger partial charge >= 0.3 is 6.03 Å². The molecule has 0 aliphatic carbocycles. The minimum atomic E-state index is 0.0428. The summed E-state index contributed by atoms with van der Waals surface area (Å²) in [5.74, 6) is 1.46. The second kappa shape index (κ2) is 9.43. The van der Waals surface area contributed by atoms with Crippen LogP contribution in [0.5, 0.6) is 0 Å². The van der Waals surface area contributed by atoms with E-state index in [2.05, 4.69) is 21.7 Å². The first kappa shape index (κ1) is 22.9. The summed E-state index contributed by atoms with van der Waals surface area (Å²) in [5, 5.41) is 0. The predicted molar refractivity (Wildman–Crippen MR) is 126 cm³/mol. The van der Waals surface area contributed by atoms with Gasteiger partial charge in [-0.15, -0.1) is 0 Å². The Bertz CT molecular complexity index is 759. The fraction of sp³-hybridized carbons (Fsp3) is 0.880. The highest BCUT2D eigenvalue weighted by Gasteiger charge is 2.45. The molecule has 5 heterocycles. The number of carbonyl (C=O) groups is 3. The van der Waals surface area contributed by atoms with Crippen LogP contribution in [0, 0.1) is 17.8 Å². The SMILES string of the molecule is CN1CCC(N(C)C(=O)C2CCN(C(=O)N3C[C@@H]4C[C@H](C3)[C@H]3CCCC(=O)N3C4)CC2)CC1. The van der Waals surface area contributed by atoms with E-state index in [1.165, 1.54) is 0 Å². The molecule has 5 fully saturated rings. The Hall–Kier alpha value is -1.83. The van der Waals surface area contributed by atoms with Crippen LogP contribution in [-0.4, -0.2) is 114 Å². The summed E-state index contributed by atoms with van der Waals surface area (Å²) < 4.78 is 0. The number of likely N-dealkylation sites (tertiary alicyclic amines) is 3. The number of amides is 4. The molecule has 8 heteroatoms. The van der Waals surface area contributed by atoms with E-state index in [4.69, 9.17) is 0 Å². The molecule has 5 aliphatic rings. The van der Waals surface area contributed by atoms with Crippen LogP contribution >= 0.6 is 0 Å². The largest absolute Gasteiger partial charge is 0.342 e. The number of hydrogen-bond acceptors (Lipinski definition) is 4. The molecule has 33 heavy (non-hydrogen) atoms. The molecule has 0 radical (unpaired) electrons. The van der Waals surface area contributed by atoms with Crippen molar-refractivity contribution in [2.45, 2.75) is 63.5 Å². The summed E-state index contributed by atoms with van der Waals surface area (Å²) in [4.78, 5) is 49.4. The Labute approximate surface area is 198 Å². The van der Waals surface area contributed by atoms with E-state index >= 15 is 0 Å². The Morgan fingerprint density at radius 2 is 1.64 bits per heavy atom. The second-order valence-electron chi connectivity index (χ2n) is 11.3. The van der Waals surface area contributed by atoms with Crippen molar-refractivity contribution in [1.29, 1.82) is 0 Å². The van der Waals surface area contributed by atoms with Gasteiger partial charge in [-0.3, -0.25) is 9.59 Å². The Kier molecular flexibility index (Phi) is 6.56. The zero-order valence-electron chi connectivity index (χ0n) is 20.5. The lowest BCUT2D eigenvalue weighted by Gasteiger charge is -2.53. The van der Waals surface area contributed by atoms with Crippen molar-refractivity contribution in [3.05, 3.63) is 0 Å². The van der Waals surface area contributed by atoms with E-state index in [9.17, 15) is 14.4 Å². The second-order valence-corrected chi connectivity index (χ2v) is 11.3. The van der Waals surface area contributed by atoms with Crippen LogP contribution in [0.3, 0.4) is 0 Å². The minimum Gasteiger partial charge on any atom is -0.342 e. The smallest absolute Gasteiger partial charge is 0.320 e. The van der Waals surface area contributed by atoms with E-state index in [1.807, 2.05) is 16.8 Å². The van der Waals surface area contributed by atoms with E-state index in [-0.39, 0.29) is 17.9 Å². The van der Waals surface area contributed by atoms with Crippen molar-refractivity contribution in [3.63, 3.8) is 0 Å². The molecule has 5 saturated heterocycles. The number of nitrogens with zero attached hydrogens (tertiary/aromatic N) is 5. The molecule has 5 rings (SSSR count). The third-order valence-electron chi connectivity index (χ3n) is 9.15. The monoisotopic (exact) mass is 459 g/mol. The molecule has 4 amide bonds. The molecule has 0 saturated carbocycles. The average Bonchev–Trinajstić information content (AvgIpc) is 2.84. The summed E-state index contributed by atoms with van der Waals surface area (Å²) in [6.07, 6.45) is 7.57. The molecule has 0 N–H and O–H groups in total. The van der Waals surface area contributed by atoms with Gasteiger partial charge in [-0.05, 0) is 76.9 Å². The first-order valence-corrected chi connectivity index (χ1v) is 13.2. The summed E-state index contributed by atoms with van der Waals surface area (Å²) in [5.41, 5.74) is 0. The van der Waals surface area contributed by atoms with Gasteiger partial charge in [-0.2, -0.15) is 0 Å². The molecule has 0 spiro atoms. The summed E-state index contributed by atoms with van der Waals surface area (Å²) in [6.45, 7) is 5.83. The zero-order valence-corrected chi connectivity index (χ0v) is 20.5. The molecular formula is C25H41N5O3. The van der Waals surface area contributed by atoms with Gasteiger partial charge in [0.15, 0.2) is 0 Å². The zero-order chi connectivity index (χ0) is 23.1. The van der Waals surface area contributed by atoms with Crippen molar-refractivity contribution in [1.82, 2.24) is 24.5 Å². The molecule has 8 nitrogen and oxygen atoms in total. The van der Waals surface area contributed by atoms with Gasteiger partial charge in [0.25, 0.3) is 0 Å². The lowest BCUT2D eigenvalue weighted by Crippen LogP contribution is -2.62. The maximum absolute atomic E-state index is 13.4. The number of urea groups is 1. The number of carbonyl (C=O) groups excluding carboxylic acids is 3. The number of rotatable bonds is 2. The highest BCUT2D eigenvalue weighted by Crippen LogP contribution is 2.38. The van der Waals surface area contributed by atoms with Crippen LogP contribution in [0.1, 0.15) is 51.4 Å². The van der Waals surface area contributed by atoms with Crippen LogP contribution < -0.4 is 0 Å². The van der Waals surface area contributed by atoms with E-state index in [0.717, 1.165) is 77.7 Å². The normalized spacial score (nSPS) is 32.0. The van der Waals surface area contributed by atoms with Crippen LogP contribution in [0.25, 0.3) is 0 Å². The minimum absolute atomic E-state index is 0.0428. The fourth-order valence-electron chi connectivity index (χ4n) is 7.13. The highest BCUT2D eigenvalue weighted by atomic mass is 16.2. The molecule has 0 aromatic heterocycles. The fourth-order valence-corrected chi connectivity index (χ4v) is 7.13. The average molecular weight is 460 g/mol. The number of hydrogen-bond donors (Lipinski definition) is 0. The van der Waals surface area contributed by atoms with E-state index < -0.39 is 0 Å². The first-order valence-electron chi connectivity index (χ1n) is 13.2. The molecule has 0 aromatic rings. The molecule has 2 bridgehead atoms.